The summed E-state index contributed by atoms with van der Waals surface area (Å²) in [6.45, 7) is 2.80. The van der Waals surface area contributed by atoms with Crippen molar-refractivity contribution in [2.24, 2.45) is 0 Å². The number of ketones is 1. The summed E-state index contributed by atoms with van der Waals surface area (Å²) in [5, 5.41) is 11.1. The van der Waals surface area contributed by atoms with Crippen molar-refractivity contribution in [1.29, 1.82) is 0 Å². The van der Waals surface area contributed by atoms with E-state index in [1.54, 1.807) is 37.4 Å². The molecule has 0 aromatic heterocycles. The SMILES string of the molecule is COc1ccc(OC)c([C@@H]2C(=C(O)c3ccc(C)cc3)C(=O)C(=O)N2CCN(C)C)c1. The number of aryl methyl sites for hydroxylation is 1. The fraction of sp³-hybridized carbons (Fsp3) is 0.333. The third kappa shape index (κ3) is 4.41. The maximum Gasteiger partial charge on any atom is 0.295 e. The molecular formula is C24H28N2O5. The highest BCUT2D eigenvalue weighted by atomic mass is 16.5. The predicted octanol–water partition coefficient (Wildman–Crippen LogP) is 3.00. The minimum atomic E-state index is -0.800. The van der Waals surface area contributed by atoms with Crippen molar-refractivity contribution in [2.75, 3.05) is 41.4 Å². The van der Waals surface area contributed by atoms with Crippen LogP contribution in [-0.4, -0.2) is 68.0 Å². The van der Waals surface area contributed by atoms with Crippen LogP contribution in [-0.2, 0) is 9.59 Å². The number of benzene rings is 2. The lowest BCUT2D eigenvalue weighted by Crippen LogP contribution is -2.35. The van der Waals surface area contributed by atoms with Gasteiger partial charge in [0.25, 0.3) is 11.7 Å². The molecule has 1 aliphatic rings. The Bertz CT molecular complexity index is 1010. The van der Waals surface area contributed by atoms with E-state index in [0.29, 0.717) is 35.7 Å². The minimum absolute atomic E-state index is 0.0409. The molecule has 0 aliphatic carbocycles. The fourth-order valence-corrected chi connectivity index (χ4v) is 3.66. The van der Waals surface area contributed by atoms with Crippen LogP contribution < -0.4 is 9.47 Å². The van der Waals surface area contributed by atoms with E-state index in [1.807, 2.05) is 38.1 Å². The third-order valence-corrected chi connectivity index (χ3v) is 5.38. The first kappa shape index (κ1) is 22.4. The summed E-state index contributed by atoms with van der Waals surface area (Å²) in [5.41, 5.74) is 2.12. The van der Waals surface area contributed by atoms with Gasteiger partial charge in [0, 0.05) is 24.2 Å². The quantitative estimate of drug-likeness (QED) is 0.418. The molecule has 2 aromatic carbocycles. The molecule has 0 bridgehead atoms. The number of amides is 1. The first-order valence-corrected chi connectivity index (χ1v) is 10.0. The van der Waals surface area contributed by atoms with Gasteiger partial charge in [0.05, 0.1) is 25.8 Å². The van der Waals surface area contributed by atoms with Gasteiger partial charge in [-0.15, -0.1) is 0 Å². The molecule has 0 radical (unpaired) electrons. The van der Waals surface area contributed by atoms with E-state index < -0.39 is 17.7 Å². The number of carbonyl (C=O) groups excluding carboxylic acids is 2. The molecule has 164 valence electrons. The second-order valence-electron chi connectivity index (χ2n) is 7.77. The number of Topliss-reactive ketones (excluding diaryl/α,β-unsaturated/α-hetero) is 1. The number of rotatable bonds is 7. The van der Waals surface area contributed by atoms with E-state index in [4.69, 9.17) is 9.47 Å². The Labute approximate surface area is 182 Å². The van der Waals surface area contributed by atoms with Crippen LogP contribution in [0.15, 0.2) is 48.0 Å². The molecule has 7 nitrogen and oxygen atoms in total. The third-order valence-electron chi connectivity index (χ3n) is 5.38. The van der Waals surface area contributed by atoms with Crippen LogP contribution in [0.1, 0.15) is 22.7 Å². The van der Waals surface area contributed by atoms with E-state index in [1.165, 1.54) is 12.0 Å². The Morgan fingerprint density at radius 3 is 2.32 bits per heavy atom. The van der Waals surface area contributed by atoms with Gasteiger partial charge in [-0.3, -0.25) is 9.59 Å². The summed E-state index contributed by atoms with van der Waals surface area (Å²) in [5.74, 6) is -0.514. The van der Waals surface area contributed by atoms with Crippen LogP contribution in [0.5, 0.6) is 11.5 Å². The van der Waals surface area contributed by atoms with E-state index in [2.05, 4.69) is 0 Å². The van der Waals surface area contributed by atoms with Crippen LogP contribution >= 0.6 is 0 Å². The first-order valence-electron chi connectivity index (χ1n) is 10.0. The van der Waals surface area contributed by atoms with Crippen molar-refractivity contribution in [3.05, 3.63) is 64.7 Å². The number of likely N-dealkylation sites (N-methyl/N-ethyl adjacent to an activating group) is 1. The monoisotopic (exact) mass is 424 g/mol. The van der Waals surface area contributed by atoms with Gasteiger partial charge >= 0.3 is 0 Å². The number of ether oxygens (including phenoxy) is 2. The maximum atomic E-state index is 13.1. The number of methoxy groups -OCH3 is 2. The second-order valence-corrected chi connectivity index (χ2v) is 7.77. The van der Waals surface area contributed by atoms with E-state index in [-0.39, 0.29) is 11.3 Å². The molecule has 0 unspecified atom stereocenters. The lowest BCUT2D eigenvalue weighted by Gasteiger charge is -2.28. The van der Waals surface area contributed by atoms with Crippen LogP contribution in [0.25, 0.3) is 5.76 Å². The summed E-state index contributed by atoms with van der Waals surface area (Å²) in [7, 11) is 6.85. The van der Waals surface area contributed by atoms with E-state index in [9.17, 15) is 14.7 Å². The number of aliphatic hydroxyl groups is 1. The van der Waals surface area contributed by atoms with Crippen molar-refractivity contribution >= 4 is 17.4 Å². The number of hydrogen-bond donors (Lipinski definition) is 1. The highest BCUT2D eigenvalue weighted by Gasteiger charge is 2.47. The van der Waals surface area contributed by atoms with Crippen molar-refractivity contribution in [3.8, 4) is 11.5 Å². The predicted molar refractivity (Wildman–Crippen MR) is 118 cm³/mol. The number of aliphatic hydroxyl groups excluding tert-OH is 1. The Hall–Kier alpha value is -3.32. The smallest absolute Gasteiger partial charge is 0.295 e. The molecule has 0 saturated carbocycles. The molecule has 1 N–H and O–H groups in total. The van der Waals surface area contributed by atoms with Gasteiger partial charge in [-0.05, 0) is 39.2 Å². The van der Waals surface area contributed by atoms with E-state index in [0.717, 1.165) is 5.56 Å². The Morgan fingerprint density at radius 2 is 1.74 bits per heavy atom. The summed E-state index contributed by atoms with van der Waals surface area (Å²) >= 11 is 0. The van der Waals surface area contributed by atoms with Crippen LogP contribution in [0.4, 0.5) is 0 Å². The van der Waals surface area contributed by atoms with Crippen molar-refractivity contribution in [1.82, 2.24) is 9.80 Å². The Balaban J connectivity index is 2.23. The Kier molecular flexibility index (Phi) is 6.65. The van der Waals surface area contributed by atoms with Crippen molar-refractivity contribution in [2.45, 2.75) is 13.0 Å². The Morgan fingerprint density at radius 1 is 1.06 bits per heavy atom. The van der Waals surface area contributed by atoms with Crippen LogP contribution in [0.3, 0.4) is 0 Å². The standard InChI is InChI=1S/C24H28N2O5/c1-15-6-8-16(9-7-15)22(27)20-21(18-14-17(30-4)10-11-19(18)31-5)26(13-12-25(2)3)24(29)23(20)28/h6-11,14,21,27H,12-13H2,1-5H3/t21-/m1/s1. The van der Waals surface area contributed by atoms with Gasteiger partial charge in [0.15, 0.2) is 0 Å². The molecule has 1 heterocycles. The summed E-state index contributed by atoms with van der Waals surface area (Å²) in [6.07, 6.45) is 0. The molecule has 3 rings (SSSR count). The van der Waals surface area contributed by atoms with Gasteiger partial charge in [-0.2, -0.15) is 0 Å². The zero-order valence-corrected chi connectivity index (χ0v) is 18.5. The second kappa shape index (κ2) is 9.22. The lowest BCUT2D eigenvalue weighted by atomic mass is 9.94. The molecule has 1 saturated heterocycles. The van der Waals surface area contributed by atoms with Crippen LogP contribution in [0.2, 0.25) is 0 Å². The van der Waals surface area contributed by atoms with Gasteiger partial charge in [0.1, 0.15) is 17.3 Å². The van der Waals surface area contributed by atoms with Crippen molar-refractivity contribution in [3.63, 3.8) is 0 Å². The zero-order valence-electron chi connectivity index (χ0n) is 18.5. The number of hydrogen-bond acceptors (Lipinski definition) is 6. The molecule has 31 heavy (non-hydrogen) atoms. The first-order chi connectivity index (χ1) is 14.8. The van der Waals surface area contributed by atoms with Crippen LogP contribution in [0, 0.1) is 6.92 Å². The molecular weight excluding hydrogens is 396 g/mol. The van der Waals surface area contributed by atoms with Gasteiger partial charge < -0.3 is 24.4 Å². The molecule has 1 fully saturated rings. The average Bonchev–Trinajstić information content (AvgIpc) is 3.01. The van der Waals surface area contributed by atoms with Gasteiger partial charge in [0.2, 0.25) is 0 Å². The summed E-state index contributed by atoms with van der Waals surface area (Å²) in [6, 6.07) is 11.6. The highest BCUT2D eigenvalue weighted by Crippen LogP contribution is 2.43. The fourth-order valence-electron chi connectivity index (χ4n) is 3.66. The number of likely N-dealkylation sites (tertiary alicyclic amines) is 1. The minimum Gasteiger partial charge on any atom is -0.507 e. The van der Waals surface area contributed by atoms with Gasteiger partial charge in [-0.1, -0.05) is 29.8 Å². The van der Waals surface area contributed by atoms with Gasteiger partial charge in [-0.25, -0.2) is 0 Å². The summed E-state index contributed by atoms with van der Waals surface area (Å²) < 4.78 is 10.9. The van der Waals surface area contributed by atoms with E-state index >= 15 is 0 Å². The molecule has 1 atom stereocenters. The molecule has 0 spiro atoms. The molecule has 1 aliphatic heterocycles. The highest BCUT2D eigenvalue weighted by molar-refractivity contribution is 6.46. The topological polar surface area (TPSA) is 79.3 Å². The average molecular weight is 424 g/mol. The normalized spacial score (nSPS) is 18.0. The molecule has 7 heteroatoms. The number of nitrogens with zero attached hydrogens (tertiary/aromatic N) is 2. The largest absolute Gasteiger partial charge is 0.507 e. The van der Waals surface area contributed by atoms with Crippen molar-refractivity contribution < 1.29 is 24.2 Å². The lowest BCUT2D eigenvalue weighted by molar-refractivity contribution is -0.140. The maximum absolute atomic E-state index is 13.1. The number of carbonyl (C=O) groups is 2. The molecule has 1 amide bonds. The summed E-state index contributed by atoms with van der Waals surface area (Å²) in [4.78, 5) is 29.5. The zero-order chi connectivity index (χ0) is 22.7. The molecule has 2 aromatic rings.